The van der Waals surface area contributed by atoms with Gasteiger partial charge in [-0.25, -0.2) is 4.68 Å². The minimum Gasteiger partial charge on any atom is -0.481 e. The first-order valence-corrected chi connectivity index (χ1v) is 5.96. The van der Waals surface area contributed by atoms with Gasteiger partial charge in [0.2, 0.25) is 0 Å². The lowest BCUT2D eigenvalue weighted by Crippen LogP contribution is -2.24. The second kappa shape index (κ2) is 4.09. The van der Waals surface area contributed by atoms with Crippen molar-refractivity contribution in [3.05, 3.63) is 5.82 Å². The van der Waals surface area contributed by atoms with Gasteiger partial charge in [-0.05, 0) is 29.2 Å². The highest BCUT2D eigenvalue weighted by Gasteiger charge is 2.51. The minimum atomic E-state index is -0.740. The summed E-state index contributed by atoms with van der Waals surface area (Å²) in [5.74, 6) is 0.706. The molecule has 0 aromatic carbocycles. The molecule has 1 aliphatic carbocycles. The quantitative estimate of drug-likeness (QED) is 0.836. The Morgan fingerprint density at radius 3 is 2.59 bits per heavy atom. The molecule has 1 heterocycles. The Balaban J connectivity index is 2.18. The summed E-state index contributed by atoms with van der Waals surface area (Å²) in [5.41, 5.74) is -0.624. The van der Waals surface area contributed by atoms with Crippen LogP contribution < -0.4 is 0 Å². The molecule has 1 saturated carbocycles. The Bertz CT molecular complexity index is 423. The van der Waals surface area contributed by atoms with Crippen molar-refractivity contribution in [3.8, 4) is 0 Å². The van der Waals surface area contributed by atoms with Gasteiger partial charge in [-0.1, -0.05) is 20.8 Å². The van der Waals surface area contributed by atoms with E-state index in [-0.39, 0.29) is 5.92 Å². The van der Waals surface area contributed by atoms with Crippen LogP contribution in [-0.4, -0.2) is 31.3 Å². The maximum Gasteiger partial charge on any atom is 0.311 e. The summed E-state index contributed by atoms with van der Waals surface area (Å²) in [6.07, 6.45) is 1.44. The Labute approximate surface area is 100 Å². The van der Waals surface area contributed by atoms with Gasteiger partial charge in [0.25, 0.3) is 0 Å². The van der Waals surface area contributed by atoms with Crippen molar-refractivity contribution in [1.29, 1.82) is 0 Å². The van der Waals surface area contributed by atoms with Crippen LogP contribution in [0.4, 0.5) is 0 Å². The smallest absolute Gasteiger partial charge is 0.311 e. The molecule has 1 aromatic heterocycles. The summed E-state index contributed by atoms with van der Waals surface area (Å²) in [6.45, 7) is 6.66. The molecular weight excluding hydrogens is 220 g/mol. The fourth-order valence-electron chi connectivity index (χ4n) is 1.83. The largest absolute Gasteiger partial charge is 0.481 e. The number of hydrogen-bond donors (Lipinski definition) is 1. The van der Waals surface area contributed by atoms with E-state index < -0.39 is 11.4 Å². The monoisotopic (exact) mass is 238 g/mol. The van der Waals surface area contributed by atoms with E-state index in [2.05, 4.69) is 36.3 Å². The third kappa shape index (κ3) is 2.16. The maximum absolute atomic E-state index is 11.1. The molecule has 0 aliphatic heterocycles. The Morgan fingerprint density at radius 2 is 2.12 bits per heavy atom. The van der Waals surface area contributed by atoms with E-state index in [0.29, 0.717) is 12.5 Å². The highest BCUT2D eigenvalue weighted by atomic mass is 16.4. The predicted molar refractivity (Wildman–Crippen MR) is 60.4 cm³/mol. The van der Waals surface area contributed by atoms with Gasteiger partial charge < -0.3 is 5.11 Å². The van der Waals surface area contributed by atoms with E-state index in [1.165, 1.54) is 0 Å². The van der Waals surface area contributed by atoms with Crippen molar-refractivity contribution in [2.24, 2.45) is 11.3 Å². The lowest BCUT2D eigenvalue weighted by molar-refractivity contribution is -0.144. The third-order valence-corrected chi connectivity index (χ3v) is 3.73. The van der Waals surface area contributed by atoms with Crippen LogP contribution in [0.2, 0.25) is 0 Å². The van der Waals surface area contributed by atoms with Crippen molar-refractivity contribution < 1.29 is 9.90 Å². The SMILES string of the molecule is CC(C)C(C)c1nnnn1CC1(C(=O)O)CC1. The van der Waals surface area contributed by atoms with Gasteiger partial charge in [0.15, 0.2) is 5.82 Å². The molecule has 1 aliphatic rings. The van der Waals surface area contributed by atoms with Crippen molar-refractivity contribution in [3.63, 3.8) is 0 Å². The van der Waals surface area contributed by atoms with Crippen LogP contribution in [0.5, 0.6) is 0 Å². The third-order valence-electron chi connectivity index (χ3n) is 3.73. The molecule has 6 nitrogen and oxygen atoms in total. The zero-order chi connectivity index (χ0) is 12.6. The Morgan fingerprint density at radius 1 is 1.47 bits per heavy atom. The highest BCUT2D eigenvalue weighted by molar-refractivity contribution is 5.77. The average molecular weight is 238 g/mol. The second-order valence-electron chi connectivity index (χ2n) is 5.31. The fourth-order valence-corrected chi connectivity index (χ4v) is 1.83. The van der Waals surface area contributed by atoms with E-state index >= 15 is 0 Å². The standard InChI is InChI=1S/C11H18N4O2/c1-7(2)8(3)9-12-13-14-15(9)6-11(4-5-11)10(16)17/h7-8H,4-6H2,1-3H3,(H,16,17). The van der Waals surface area contributed by atoms with Crippen molar-refractivity contribution in [2.45, 2.75) is 46.1 Å². The summed E-state index contributed by atoms with van der Waals surface area (Å²) in [5, 5.41) is 20.8. The number of carboxylic acids is 1. The summed E-state index contributed by atoms with van der Waals surface area (Å²) < 4.78 is 1.66. The van der Waals surface area contributed by atoms with E-state index in [0.717, 1.165) is 18.7 Å². The van der Waals surface area contributed by atoms with Crippen LogP contribution >= 0.6 is 0 Å². The van der Waals surface area contributed by atoms with Gasteiger partial charge in [0.1, 0.15) is 0 Å². The molecule has 1 fully saturated rings. The first-order chi connectivity index (χ1) is 7.96. The maximum atomic E-state index is 11.1. The molecule has 0 radical (unpaired) electrons. The Hall–Kier alpha value is -1.46. The van der Waals surface area contributed by atoms with E-state index in [1.807, 2.05) is 0 Å². The van der Waals surface area contributed by atoms with Gasteiger partial charge >= 0.3 is 5.97 Å². The lowest BCUT2D eigenvalue weighted by atomic mass is 9.97. The number of aromatic nitrogens is 4. The topological polar surface area (TPSA) is 80.9 Å². The van der Waals surface area contributed by atoms with Crippen LogP contribution in [0, 0.1) is 11.3 Å². The van der Waals surface area contributed by atoms with Crippen LogP contribution in [0.15, 0.2) is 0 Å². The van der Waals surface area contributed by atoms with Crippen LogP contribution in [0.1, 0.15) is 45.4 Å². The zero-order valence-electron chi connectivity index (χ0n) is 10.4. The molecule has 0 spiro atoms. The molecule has 1 unspecified atom stereocenters. The van der Waals surface area contributed by atoms with Gasteiger partial charge in [0, 0.05) is 5.92 Å². The summed E-state index contributed by atoms with van der Waals surface area (Å²) >= 11 is 0. The van der Waals surface area contributed by atoms with Crippen molar-refractivity contribution in [1.82, 2.24) is 20.2 Å². The van der Waals surface area contributed by atoms with Crippen LogP contribution in [0.3, 0.4) is 0 Å². The number of rotatable bonds is 5. The van der Waals surface area contributed by atoms with E-state index in [1.54, 1.807) is 4.68 Å². The number of aliphatic carboxylic acids is 1. The second-order valence-corrected chi connectivity index (χ2v) is 5.31. The fraction of sp³-hybridized carbons (Fsp3) is 0.818. The molecule has 2 rings (SSSR count). The van der Waals surface area contributed by atoms with Gasteiger partial charge in [-0.3, -0.25) is 4.79 Å². The predicted octanol–water partition coefficient (Wildman–Crippen LogP) is 1.30. The molecule has 0 bridgehead atoms. The average Bonchev–Trinajstić information content (AvgIpc) is 2.89. The summed E-state index contributed by atoms with van der Waals surface area (Å²) in [7, 11) is 0. The molecule has 1 atom stereocenters. The lowest BCUT2D eigenvalue weighted by Gasteiger charge is -2.16. The van der Waals surface area contributed by atoms with Gasteiger partial charge in [-0.2, -0.15) is 0 Å². The van der Waals surface area contributed by atoms with E-state index in [4.69, 9.17) is 5.11 Å². The van der Waals surface area contributed by atoms with Gasteiger partial charge in [-0.15, -0.1) is 5.10 Å². The summed E-state index contributed by atoms with van der Waals surface area (Å²) in [4.78, 5) is 11.1. The Kier molecular flexibility index (Phi) is 2.89. The van der Waals surface area contributed by atoms with Crippen molar-refractivity contribution in [2.75, 3.05) is 0 Å². The normalized spacial score (nSPS) is 19.3. The minimum absolute atomic E-state index is 0.231. The molecule has 1 N–H and O–H groups in total. The highest BCUT2D eigenvalue weighted by Crippen LogP contribution is 2.47. The molecule has 94 valence electrons. The number of hydrogen-bond acceptors (Lipinski definition) is 4. The molecular formula is C11H18N4O2. The van der Waals surface area contributed by atoms with E-state index in [9.17, 15) is 4.79 Å². The molecule has 0 saturated heterocycles. The van der Waals surface area contributed by atoms with Crippen molar-refractivity contribution >= 4 is 5.97 Å². The number of nitrogens with zero attached hydrogens (tertiary/aromatic N) is 4. The van der Waals surface area contributed by atoms with Gasteiger partial charge in [0.05, 0.1) is 12.0 Å². The molecule has 17 heavy (non-hydrogen) atoms. The first kappa shape index (κ1) is 12.0. The van der Waals surface area contributed by atoms with Crippen LogP contribution in [-0.2, 0) is 11.3 Å². The number of tetrazole rings is 1. The molecule has 6 heteroatoms. The van der Waals surface area contributed by atoms with Crippen LogP contribution in [0.25, 0.3) is 0 Å². The number of carboxylic acid groups (broad SMARTS) is 1. The molecule has 1 aromatic rings. The molecule has 0 amide bonds. The first-order valence-electron chi connectivity index (χ1n) is 5.96. The zero-order valence-corrected chi connectivity index (χ0v) is 10.4. The number of carbonyl (C=O) groups is 1. The summed E-state index contributed by atoms with van der Waals surface area (Å²) in [6, 6.07) is 0.